The summed E-state index contributed by atoms with van der Waals surface area (Å²) in [4.78, 5) is 12.2. The lowest BCUT2D eigenvalue weighted by atomic mass is 10.3. The number of hydrogen-bond acceptors (Lipinski definition) is 4. The fraction of sp³-hybridized carbons (Fsp3) is 0.400. The van der Waals surface area contributed by atoms with E-state index in [9.17, 15) is 10.1 Å². The molecule has 5 nitrogen and oxygen atoms in total. The van der Waals surface area contributed by atoms with E-state index in [4.69, 9.17) is 0 Å². The molecule has 16 heavy (non-hydrogen) atoms. The molecule has 0 unspecified atom stereocenters. The lowest BCUT2D eigenvalue weighted by Crippen LogP contribution is -2.21. The van der Waals surface area contributed by atoms with Gasteiger partial charge in [0.15, 0.2) is 0 Å². The van der Waals surface area contributed by atoms with Crippen molar-refractivity contribution in [1.82, 2.24) is 4.90 Å². The highest BCUT2D eigenvalue weighted by molar-refractivity contribution is 14.1. The number of rotatable bonds is 5. The Balaban J connectivity index is 2.64. The fourth-order valence-electron chi connectivity index (χ4n) is 1.18. The van der Waals surface area contributed by atoms with Crippen molar-refractivity contribution < 1.29 is 4.92 Å². The molecule has 0 saturated heterocycles. The first-order valence-electron chi connectivity index (χ1n) is 4.83. The Morgan fingerprint density at radius 2 is 2.19 bits per heavy atom. The maximum Gasteiger partial charge on any atom is 0.270 e. The van der Waals surface area contributed by atoms with Gasteiger partial charge < -0.3 is 10.2 Å². The second kappa shape index (κ2) is 6.00. The molecule has 0 spiro atoms. The number of non-ortho nitro benzene ring substituents is 1. The molecule has 0 atom stereocenters. The van der Waals surface area contributed by atoms with Crippen LogP contribution in [0.1, 0.15) is 0 Å². The van der Waals surface area contributed by atoms with Crippen LogP contribution in [-0.4, -0.2) is 37.0 Å². The van der Waals surface area contributed by atoms with Crippen molar-refractivity contribution in [2.75, 3.05) is 32.5 Å². The smallest absolute Gasteiger partial charge is 0.270 e. The van der Waals surface area contributed by atoms with Crippen molar-refractivity contribution in [2.45, 2.75) is 0 Å². The van der Waals surface area contributed by atoms with E-state index in [1.807, 2.05) is 14.1 Å². The van der Waals surface area contributed by atoms with Gasteiger partial charge in [-0.15, -0.1) is 0 Å². The summed E-state index contributed by atoms with van der Waals surface area (Å²) in [7, 11) is 4.00. The number of anilines is 1. The molecule has 0 aromatic heterocycles. The standard InChI is InChI=1S/C10H14IN3O2/c1-13(2)6-5-12-10-4-3-8(14(15)16)7-9(10)11/h3-4,7,12H,5-6H2,1-2H3. The zero-order valence-electron chi connectivity index (χ0n) is 9.24. The molecule has 0 heterocycles. The van der Waals surface area contributed by atoms with Crippen LogP contribution in [0.2, 0.25) is 0 Å². The van der Waals surface area contributed by atoms with E-state index in [1.54, 1.807) is 12.1 Å². The van der Waals surface area contributed by atoms with Crippen LogP contribution >= 0.6 is 22.6 Å². The van der Waals surface area contributed by atoms with Gasteiger partial charge in [0.1, 0.15) is 0 Å². The Morgan fingerprint density at radius 3 is 2.69 bits per heavy atom. The average molecular weight is 335 g/mol. The maximum absolute atomic E-state index is 10.5. The molecule has 88 valence electrons. The molecule has 0 saturated carbocycles. The van der Waals surface area contributed by atoms with Crippen LogP contribution < -0.4 is 5.32 Å². The Hall–Kier alpha value is -0.890. The van der Waals surface area contributed by atoms with Crippen LogP contribution in [0.15, 0.2) is 18.2 Å². The molecule has 0 aliphatic rings. The monoisotopic (exact) mass is 335 g/mol. The Morgan fingerprint density at radius 1 is 1.50 bits per heavy atom. The van der Waals surface area contributed by atoms with E-state index < -0.39 is 0 Å². The Kier molecular flexibility index (Phi) is 4.94. The topological polar surface area (TPSA) is 58.4 Å². The summed E-state index contributed by atoms with van der Waals surface area (Å²) in [5, 5.41) is 13.8. The first-order valence-corrected chi connectivity index (χ1v) is 5.91. The van der Waals surface area contributed by atoms with Crippen molar-refractivity contribution in [3.63, 3.8) is 0 Å². The van der Waals surface area contributed by atoms with Crippen LogP contribution in [0.5, 0.6) is 0 Å². The molecule has 0 aliphatic heterocycles. The highest BCUT2D eigenvalue weighted by Crippen LogP contribution is 2.23. The third kappa shape index (κ3) is 3.93. The SMILES string of the molecule is CN(C)CCNc1ccc([N+](=O)[O-])cc1I. The van der Waals surface area contributed by atoms with Crippen molar-refractivity contribution in [2.24, 2.45) is 0 Å². The van der Waals surface area contributed by atoms with Gasteiger partial charge in [-0.2, -0.15) is 0 Å². The minimum Gasteiger partial charge on any atom is -0.383 e. The molecule has 0 aliphatic carbocycles. The first-order chi connectivity index (χ1) is 7.50. The van der Waals surface area contributed by atoms with Gasteiger partial charge in [-0.3, -0.25) is 10.1 Å². The van der Waals surface area contributed by atoms with Gasteiger partial charge in [0, 0.05) is 34.5 Å². The lowest BCUT2D eigenvalue weighted by Gasteiger charge is -2.12. The van der Waals surface area contributed by atoms with Gasteiger partial charge >= 0.3 is 0 Å². The van der Waals surface area contributed by atoms with Crippen molar-refractivity contribution >= 4 is 34.0 Å². The number of likely N-dealkylation sites (N-methyl/N-ethyl adjacent to an activating group) is 1. The van der Waals surface area contributed by atoms with Crippen molar-refractivity contribution in [3.8, 4) is 0 Å². The molecule has 0 amide bonds. The molecule has 0 radical (unpaired) electrons. The van der Waals surface area contributed by atoms with E-state index >= 15 is 0 Å². The summed E-state index contributed by atoms with van der Waals surface area (Å²) >= 11 is 2.10. The van der Waals surface area contributed by atoms with Gasteiger partial charge in [0.05, 0.1) is 4.92 Å². The quantitative estimate of drug-likeness (QED) is 0.509. The lowest BCUT2D eigenvalue weighted by molar-refractivity contribution is -0.384. The molecular weight excluding hydrogens is 321 g/mol. The van der Waals surface area contributed by atoms with E-state index in [1.165, 1.54) is 6.07 Å². The largest absolute Gasteiger partial charge is 0.383 e. The Bertz CT molecular complexity index is 382. The molecule has 1 aromatic rings. The van der Waals surface area contributed by atoms with Gasteiger partial charge in [0.25, 0.3) is 5.69 Å². The molecule has 0 bridgehead atoms. The number of nitro benzene ring substituents is 1. The normalized spacial score (nSPS) is 10.5. The third-order valence-corrected chi connectivity index (χ3v) is 2.93. The van der Waals surface area contributed by atoms with Gasteiger partial charge in [-0.1, -0.05) is 0 Å². The fourth-order valence-corrected chi connectivity index (χ4v) is 1.86. The number of nitrogens with one attached hydrogen (secondary N) is 1. The first kappa shape index (κ1) is 13.2. The van der Waals surface area contributed by atoms with Crippen LogP contribution in [-0.2, 0) is 0 Å². The molecule has 0 fully saturated rings. The highest BCUT2D eigenvalue weighted by Gasteiger charge is 2.08. The minimum atomic E-state index is -0.383. The second-order valence-electron chi connectivity index (χ2n) is 3.65. The van der Waals surface area contributed by atoms with E-state index in [2.05, 4.69) is 32.8 Å². The number of benzene rings is 1. The van der Waals surface area contributed by atoms with Gasteiger partial charge in [-0.05, 0) is 42.8 Å². The maximum atomic E-state index is 10.5. The summed E-state index contributed by atoms with van der Waals surface area (Å²) in [6.07, 6.45) is 0. The number of nitro groups is 1. The van der Waals surface area contributed by atoms with Crippen molar-refractivity contribution in [3.05, 3.63) is 31.9 Å². The predicted octanol–water partition coefficient (Wildman–Crippen LogP) is 2.17. The Labute approximate surface area is 108 Å². The summed E-state index contributed by atoms with van der Waals surface area (Å²) in [6, 6.07) is 4.83. The molecule has 1 N–H and O–H groups in total. The number of halogens is 1. The van der Waals surface area contributed by atoms with Crippen LogP contribution in [0, 0.1) is 13.7 Å². The van der Waals surface area contributed by atoms with E-state index in [0.29, 0.717) is 0 Å². The van der Waals surface area contributed by atoms with Crippen LogP contribution in [0.4, 0.5) is 11.4 Å². The third-order valence-electron chi connectivity index (χ3n) is 2.04. The number of nitrogens with zero attached hydrogens (tertiary/aromatic N) is 2. The zero-order valence-corrected chi connectivity index (χ0v) is 11.4. The molecule has 1 rings (SSSR count). The summed E-state index contributed by atoms with van der Waals surface area (Å²) < 4.78 is 0.866. The minimum absolute atomic E-state index is 0.127. The van der Waals surface area contributed by atoms with Gasteiger partial charge in [0.2, 0.25) is 0 Å². The second-order valence-corrected chi connectivity index (χ2v) is 4.81. The predicted molar refractivity (Wildman–Crippen MR) is 72.9 cm³/mol. The highest BCUT2D eigenvalue weighted by atomic mass is 127. The average Bonchev–Trinajstić information content (AvgIpc) is 2.19. The number of hydrogen-bond donors (Lipinski definition) is 1. The molecule has 1 aromatic carbocycles. The van der Waals surface area contributed by atoms with Crippen molar-refractivity contribution in [1.29, 1.82) is 0 Å². The molecular formula is C10H14IN3O2. The van der Waals surface area contributed by atoms with Gasteiger partial charge in [-0.25, -0.2) is 0 Å². The summed E-state index contributed by atoms with van der Waals surface area (Å²) in [5.74, 6) is 0. The van der Waals surface area contributed by atoms with E-state index in [-0.39, 0.29) is 10.6 Å². The van der Waals surface area contributed by atoms with Crippen LogP contribution in [0.25, 0.3) is 0 Å². The molecule has 6 heteroatoms. The zero-order chi connectivity index (χ0) is 12.1. The summed E-state index contributed by atoms with van der Waals surface area (Å²) in [5.41, 5.74) is 1.07. The van der Waals surface area contributed by atoms with E-state index in [0.717, 1.165) is 22.3 Å². The summed E-state index contributed by atoms with van der Waals surface area (Å²) in [6.45, 7) is 1.74. The van der Waals surface area contributed by atoms with Crippen LogP contribution in [0.3, 0.4) is 0 Å².